The number of allylic oxidation sites excluding steroid dienone is 2. The molecule has 1 saturated heterocycles. The predicted octanol–water partition coefficient (Wildman–Crippen LogP) is 3.47. The number of hydrazone groups is 1. The van der Waals surface area contributed by atoms with Gasteiger partial charge in [0.05, 0.1) is 18.1 Å². The lowest BCUT2D eigenvalue weighted by molar-refractivity contribution is -0.140. The van der Waals surface area contributed by atoms with Crippen LogP contribution in [-0.2, 0) is 9.59 Å². The van der Waals surface area contributed by atoms with Gasteiger partial charge in [0.15, 0.2) is 0 Å². The third-order valence-corrected chi connectivity index (χ3v) is 6.70. The number of rotatable bonds is 3. The molecule has 4 aliphatic carbocycles. The van der Waals surface area contributed by atoms with Crippen LogP contribution < -0.4 is 0 Å². The van der Waals surface area contributed by atoms with Crippen molar-refractivity contribution in [1.82, 2.24) is 5.01 Å². The molecule has 1 aromatic carbocycles. The molecule has 1 aromatic heterocycles. The molecule has 5 aliphatic rings. The van der Waals surface area contributed by atoms with E-state index in [1.165, 1.54) is 18.3 Å². The first-order valence-corrected chi connectivity index (χ1v) is 9.58. The van der Waals surface area contributed by atoms with Gasteiger partial charge in [-0.05, 0) is 66.5 Å². The number of furan rings is 1. The lowest BCUT2D eigenvalue weighted by Crippen LogP contribution is -2.40. The number of benzene rings is 1. The van der Waals surface area contributed by atoms with Crippen molar-refractivity contribution in [1.29, 1.82) is 0 Å². The Kier molecular flexibility index (Phi) is 3.14. The van der Waals surface area contributed by atoms with Crippen LogP contribution >= 0.6 is 0 Å². The zero-order chi connectivity index (χ0) is 19.0. The van der Waals surface area contributed by atoms with E-state index in [4.69, 9.17) is 4.42 Å². The summed E-state index contributed by atoms with van der Waals surface area (Å²) in [4.78, 5) is 25.8. The van der Waals surface area contributed by atoms with Crippen molar-refractivity contribution in [2.75, 3.05) is 0 Å². The molecule has 1 aliphatic heterocycles. The average molecular weight is 376 g/mol. The molecule has 3 fully saturated rings. The highest BCUT2D eigenvalue weighted by Gasteiger charge is 2.67. The topological polar surface area (TPSA) is 62.9 Å². The number of imide groups is 1. The molecule has 2 bridgehead atoms. The van der Waals surface area contributed by atoms with Gasteiger partial charge in [-0.1, -0.05) is 12.2 Å². The van der Waals surface area contributed by atoms with Gasteiger partial charge in [-0.3, -0.25) is 9.59 Å². The maximum absolute atomic E-state index is 13.1. The maximum Gasteiger partial charge on any atom is 0.254 e. The summed E-state index contributed by atoms with van der Waals surface area (Å²) >= 11 is 0. The Morgan fingerprint density at radius 1 is 0.964 bits per heavy atom. The summed E-state index contributed by atoms with van der Waals surface area (Å²) in [6.07, 6.45) is 6.81. The van der Waals surface area contributed by atoms with Crippen molar-refractivity contribution in [2.24, 2.45) is 40.6 Å². The van der Waals surface area contributed by atoms with Crippen molar-refractivity contribution >= 4 is 18.0 Å². The van der Waals surface area contributed by atoms with Crippen LogP contribution in [0, 0.1) is 41.3 Å². The molecule has 2 saturated carbocycles. The van der Waals surface area contributed by atoms with Gasteiger partial charge < -0.3 is 4.42 Å². The summed E-state index contributed by atoms with van der Waals surface area (Å²) in [6, 6.07) is 9.44. The number of nitrogens with zero attached hydrogens (tertiary/aromatic N) is 2. The standard InChI is InChI=1S/C22H17FN2O3/c23-12-3-1-11(2-4-12)18-8-5-13(28-18)10-24-25-21(26)19-14-6-7-15(17-9-16(14)17)20(19)22(25)27/h1-8,10,14-17,19-20H,9H2/b24-10+/t14-,15+,16+,17-,19+,20-. The molecule has 6 heteroatoms. The maximum atomic E-state index is 13.1. The quantitative estimate of drug-likeness (QED) is 0.468. The highest BCUT2D eigenvalue weighted by molar-refractivity contribution is 6.06. The van der Waals surface area contributed by atoms with E-state index in [9.17, 15) is 14.0 Å². The van der Waals surface area contributed by atoms with E-state index in [2.05, 4.69) is 17.3 Å². The summed E-state index contributed by atoms with van der Waals surface area (Å²) in [6.45, 7) is 0. The van der Waals surface area contributed by atoms with Crippen LogP contribution in [0.1, 0.15) is 12.2 Å². The number of hydrogen-bond acceptors (Lipinski definition) is 4. The predicted molar refractivity (Wildman–Crippen MR) is 98.2 cm³/mol. The first-order chi connectivity index (χ1) is 13.6. The molecule has 6 atom stereocenters. The van der Waals surface area contributed by atoms with E-state index in [0.717, 1.165) is 17.0 Å². The monoisotopic (exact) mass is 376 g/mol. The fourth-order valence-electron chi connectivity index (χ4n) is 5.36. The van der Waals surface area contributed by atoms with Gasteiger partial charge in [0.25, 0.3) is 11.8 Å². The molecule has 2 aromatic rings. The Bertz CT molecular complexity index is 1020. The molecule has 0 spiro atoms. The summed E-state index contributed by atoms with van der Waals surface area (Å²) in [5, 5.41) is 5.20. The minimum absolute atomic E-state index is 0.186. The van der Waals surface area contributed by atoms with Crippen molar-refractivity contribution < 1.29 is 18.4 Å². The van der Waals surface area contributed by atoms with Crippen molar-refractivity contribution in [3.63, 3.8) is 0 Å². The Morgan fingerprint density at radius 2 is 1.61 bits per heavy atom. The molecule has 0 N–H and O–H groups in total. The van der Waals surface area contributed by atoms with Crippen LogP contribution in [0.4, 0.5) is 4.39 Å². The van der Waals surface area contributed by atoms with Gasteiger partial charge in [0.2, 0.25) is 0 Å². The van der Waals surface area contributed by atoms with Gasteiger partial charge in [-0.2, -0.15) is 10.1 Å². The van der Waals surface area contributed by atoms with Crippen LogP contribution in [-0.4, -0.2) is 23.0 Å². The highest BCUT2D eigenvalue weighted by atomic mass is 19.1. The van der Waals surface area contributed by atoms with Gasteiger partial charge in [-0.25, -0.2) is 4.39 Å². The van der Waals surface area contributed by atoms with E-state index in [-0.39, 0.29) is 41.3 Å². The summed E-state index contributed by atoms with van der Waals surface area (Å²) in [5.74, 6) is 1.30. The second-order valence-corrected chi connectivity index (χ2v) is 8.10. The van der Waals surface area contributed by atoms with Crippen molar-refractivity contribution in [3.05, 3.63) is 60.1 Å². The number of halogens is 1. The summed E-state index contributed by atoms with van der Waals surface area (Å²) in [7, 11) is 0. The first kappa shape index (κ1) is 16.0. The summed E-state index contributed by atoms with van der Waals surface area (Å²) in [5.41, 5.74) is 0.738. The molecule has 2 heterocycles. The lowest BCUT2D eigenvalue weighted by atomic mass is 9.63. The van der Waals surface area contributed by atoms with Crippen LogP contribution in [0.5, 0.6) is 0 Å². The fraction of sp³-hybridized carbons (Fsp3) is 0.318. The largest absolute Gasteiger partial charge is 0.455 e. The second-order valence-electron chi connectivity index (χ2n) is 8.10. The van der Waals surface area contributed by atoms with E-state index < -0.39 is 0 Å². The Labute approximate surface area is 160 Å². The molecule has 7 rings (SSSR count). The molecule has 28 heavy (non-hydrogen) atoms. The number of hydrogen-bond donors (Lipinski definition) is 0. The lowest BCUT2D eigenvalue weighted by Gasteiger charge is -2.37. The van der Waals surface area contributed by atoms with Crippen molar-refractivity contribution in [3.8, 4) is 11.3 Å². The smallest absolute Gasteiger partial charge is 0.254 e. The fourth-order valence-corrected chi connectivity index (χ4v) is 5.36. The van der Waals surface area contributed by atoms with E-state index in [1.54, 1.807) is 24.3 Å². The molecule has 0 unspecified atom stereocenters. The molecular formula is C22H17FN2O3. The minimum atomic E-state index is -0.314. The van der Waals surface area contributed by atoms with Gasteiger partial charge in [0, 0.05) is 5.56 Å². The molecule has 2 amide bonds. The zero-order valence-corrected chi connectivity index (χ0v) is 14.9. The molecular weight excluding hydrogens is 359 g/mol. The Morgan fingerprint density at radius 3 is 2.25 bits per heavy atom. The van der Waals surface area contributed by atoms with E-state index >= 15 is 0 Å². The van der Waals surface area contributed by atoms with Gasteiger partial charge >= 0.3 is 0 Å². The number of amides is 2. The highest BCUT2D eigenvalue weighted by Crippen LogP contribution is 2.65. The van der Waals surface area contributed by atoms with Crippen molar-refractivity contribution in [2.45, 2.75) is 6.42 Å². The van der Waals surface area contributed by atoms with Crippen LogP contribution in [0.3, 0.4) is 0 Å². The normalized spacial score (nSPS) is 35.0. The average Bonchev–Trinajstić information content (AvgIpc) is 3.34. The second kappa shape index (κ2) is 5.50. The minimum Gasteiger partial charge on any atom is -0.455 e. The van der Waals surface area contributed by atoms with Crippen LogP contribution in [0.2, 0.25) is 0 Å². The number of carbonyl (C=O) groups is 2. The molecule has 5 nitrogen and oxygen atoms in total. The Balaban J connectivity index is 1.24. The van der Waals surface area contributed by atoms with Crippen LogP contribution in [0.15, 0.2) is 58.1 Å². The molecule has 140 valence electrons. The van der Waals surface area contributed by atoms with E-state index in [0.29, 0.717) is 23.4 Å². The van der Waals surface area contributed by atoms with Gasteiger partial charge in [0.1, 0.15) is 17.3 Å². The third-order valence-electron chi connectivity index (χ3n) is 6.70. The third kappa shape index (κ3) is 2.14. The van der Waals surface area contributed by atoms with Crippen LogP contribution in [0.25, 0.3) is 11.3 Å². The van der Waals surface area contributed by atoms with Gasteiger partial charge in [-0.15, -0.1) is 0 Å². The zero-order valence-electron chi connectivity index (χ0n) is 14.9. The first-order valence-electron chi connectivity index (χ1n) is 9.58. The Hall–Kier alpha value is -3.02. The summed E-state index contributed by atoms with van der Waals surface area (Å²) < 4.78 is 18.8. The SMILES string of the molecule is O=C1[C@@H]2[C@H]3C=C[C@H]([C@@H]4C[C@H]34)[C@@H]2C(=O)N1/N=C/c1ccc(-c2ccc(F)cc2)o1. The van der Waals surface area contributed by atoms with E-state index in [1.807, 2.05) is 0 Å². The molecule has 0 radical (unpaired) electrons. The number of carbonyl (C=O) groups excluding carboxylic acids is 2.